The second-order valence-corrected chi connectivity index (χ2v) is 5.80. The molecule has 1 N–H and O–H groups in total. The summed E-state index contributed by atoms with van der Waals surface area (Å²) in [6.07, 6.45) is 3.36. The number of ether oxygens (including phenoxy) is 1. The fourth-order valence-corrected chi connectivity index (χ4v) is 3.27. The second kappa shape index (κ2) is 5.64. The summed E-state index contributed by atoms with van der Waals surface area (Å²) in [7, 11) is 2.15. The van der Waals surface area contributed by atoms with Crippen molar-refractivity contribution in [3.63, 3.8) is 0 Å². The summed E-state index contributed by atoms with van der Waals surface area (Å²) < 4.78 is 29.3. The van der Waals surface area contributed by atoms with Gasteiger partial charge in [-0.05, 0) is 63.5 Å². The van der Waals surface area contributed by atoms with Crippen molar-refractivity contribution in [1.29, 1.82) is 0 Å². The minimum absolute atomic E-state index is 0.220. The van der Waals surface area contributed by atoms with Crippen molar-refractivity contribution in [2.24, 2.45) is 0 Å². The highest BCUT2D eigenvalue weighted by Crippen LogP contribution is 2.30. The summed E-state index contributed by atoms with van der Waals surface area (Å²) >= 11 is 0. The summed E-state index contributed by atoms with van der Waals surface area (Å²) in [5.41, 5.74) is 3.30. The molecule has 3 rings (SSSR count). The number of nitrogens with one attached hydrogen (secondary N) is 1. The predicted octanol–water partition coefficient (Wildman–Crippen LogP) is 3.71. The van der Waals surface area contributed by atoms with Crippen molar-refractivity contribution in [2.75, 3.05) is 13.6 Å². The third-order valence-corrected chi connectivity index (χ3v) is 4.43. The Bertz CT molecular complexity index is 638. The maximum atomic E-state index is 12.4. The Morgan fingerprint density at radius 3 is 2.90 bits per heavy atom. The topological polar surface area (TPSA) is 28.3 Å². The van der Waals surface area contributed by atoms with Gasteiger partial charge in [0, 0.05) is 22.6 Å². The smallest absolute Gasteiger partial charge is 0.387 e. The molecule has 0 amide bonds. The third-order valence-electron chi connectivity index (χ3n) is 4.43. The second-order valence-electron chi connectivity index (χ2n) is 5.80. The van der Waals surface area contributed by atoms with Gasteiger partial charge in [-0.25, -0.2) is 0 Å². The average Bonchev–Trinajstić information content (AvgIpc) is 2.95. The molecule has 0 saturated carbocycles. The van der Waals surface area contributed by atoms with Crippen molar-refractivity contribution < 1.29 is 13.5 Å². The van der Waals surface area contributed by atoms with Crippen LogP contribution in [0.4, 0.5) is 8.78 Å². The summed E-state index contributed by atoms with van der Waals surface area (Å²) in [6, 6.07) is 5.63. The van der Waals surface area contributed by atoms with Crippen LogP contribution in [-0.2, 0) is 6.42 Å². The zero-order valence-electron chi connectivity index (χ0n) is 12.3. The zero-order chi connectivity index (χ0) is 15.0. The molecule has 0 unspecified atom stereocenters. The van der Waals surface area contributed by atoms with Crippen LogP contribution in [0.5, 0.6) is 5.75 Å². The largest absolute Gasteiger partial charge is 0.435 e. The molecule has 3 nitrogen and oxygen atoms in total. The van der Waals surface area contributed by atoms with E-state index in [0.29, 0.717) is 6.04 Å². The Morgan fingerprint density at radius 2 is 2.24 bits per heavy atom. The molecule has 1 aromatic carbocycles. The molecule has 2 aromatic rings. The minimum atomic E-state index is -2.79. The van der Waals surface area contributed by atoms with Crippen LogP contribution in [-0.4, -0.2) is 36.1 Å². The lowest BCUT2D eigenvalue weighted by Gasteiger charge is -2.19. The van der Waals surface area contributed by atoms with E-state index in [4.69, 9.17) is 0 Å². The number of likely N-dealkylation sites (N-methyl/N-ethyl adjacent to an activating group) is 1. The van der Waals surface area contributed by atoms with E-state index in [1.807, 2.05) is 13.0 Å². The standard InChI is InChI=1S/C16H20F2N2O/c1-10-13(8-11-4-3-7-20(11)2)14-9-12(21-16(17)18)5-6-15(14)19-10/h5-6,9,11,16,19H,3-4,7-8H2,1-2H3/t11-/m1/s1. The number of likely N-dealkylation sites (tertiary alicyclic amines) is 1. The number of hydrogen-bond donors (Lipinski definition) is 1. The molecule has 0 spiro atoms. The Morgan fingerprint density at radius 1 is 1.43 bits per heavy atom. The van der Waals surface area contributed by atoms with Gasteiger partial charge in [0.1, 0.15) is 5.75 Å². The van der Waals surface area contributed by atoms with E-state index in [-0.39, 0.29) is 5.75 Å². The van der Waals surface area contributed by atoms with Crippen molar-refractivity contribution in [2.45, 2.75) is 38.8 Å². The molecule has 5 heteroatoms. The van der Waals surface area contributed by atoms with Crippen LogP contribution in [0, 0.1) is 6.92 Å². The number of halogens is 2. The normalized spacial score (nSPS) is 19.8. The van der Waals surface area contributed by atoms with Crippen LogP contribution in [0.1, 0.15) is 24.1 Å². The lowest BCUT2D eigenvalue weighted by molar-refractivity contribution is -0.0497. The molecule has 0 bridgehead atoms. The molecular weight excluding hydrogens is 274 g/mol. The monoisotopic (exact) mass is 294 g/mol. The number of hydrogen-bond acceptors (Lipinski definition) is 2. The highest BCUT2D eigenvalue weighted by atomic mass is 19.3. The Labute approximate surface area is 122 Å². The van der Waals surface area contributed by atoms with Crippen molar-refractivity contribution in [3.05, 3.63) is 29.5 Å². The van der Waals surface area contributed by atoms with E-state index in [1.165, 1.54) is 18.4 Å². The van der Waals surface area contributed by atoms with Gasteiger partial charge in [-0.3, -0.25) is 0 Å². The van der Waals surface area contributed by atoms with E-state index in [1.54, 1.807) is 12.1 Å². The lowest BCUT2D eigenvalue weighted by atomic mass is 10.0. The third kappa shape index (κ3) is 2.88. The van der Waals surface area contributed by atoms with E-state index >= 15 is 0 Å². The van der Waals surface area contributed by atoms with Crippen LogP contribution < -0.4 is 4.74 Å². The molecule has 1 saturated heterocycles. The molecule has 1 atom stereocenters. The van der Waals surface area contributed by atoms with Gasteiger partial charge in [-0.15, -0.1) is 0 Å². The molecule has 0 aliphatic carbocycles. The first-order valence-corrected chi connectivity index (χ1v) is 7.31. The fraction of sp³-hybridized carbons (Fsp3) is 0.500. The number of nitrogens with zero attached hydrogens (tertiary/aromatic N) is 1. The maximum Gasteiger partial charge on any atom is 0.387 e. The highest BCUT2D eigenvalue weighted by Gasteiger charge is 2.23. The molecule has 114 valence electrons. The quantitative estimate of drug-likeness (QED) is 0.931. The predicted molar refractivity (Wildman–Crippen MR) is 79.0 cm³/mol. The van der Waals surface area contributed by atoms with Crippen molar-refractivity contribution in [1.82, 2.24) is 9.88 Å². The number of aromatic nitrogens is 1. The molecule has 1 aromatic heterocycles. The summed E-state index contributed by atoms with van der Waals surface area (Å²) in [5, 5.41) is 0.992. The van der Waals surface area contributed by atoms with E-state index < -0.39 is 6.61 Å². The summed E-state index contributed by atoms with van der Waals surface area (Å²) in [6.45, 7) is 0.385. The minimum Gasteiger partial charge on any atom is -0.435 e. The van der Waals surface area contributed by atoms with Gasteiger partial charge >= 0.3 is 6.61 Å². The number of alkyl halides is 2. The van der Waals surface area contributed by atoms with Crippen LogP contribution in [0.25, 0.3) is 10.9 Å². The van der Waals surface area contributed by atoms with Gasteiger partial charge < -0.3 is 14.6 Å². The average molecular weight is 294 g/mol. The molecule has 2 heterocycles. The Kier molecular flexibility index (Phi) is 3.85. The number of rotatable bonds is 4. The van der Waals surface area contributed by atoms with Gasteiger partial charge in [0.2, 0.25) is 0 Å². The SMILES string of the molecule is Cc1[nH]c2ccc(OC(F)F)cc2c1C[C@H]1CCCN1C. The Balaban J connectivity index is 1.94. The Hall–Kier alpha value is -1.62. The zero-order valence-corrected chi connectivity index (χ0v) is 12.3. The number of fused-ring (bicyclic) bond motifs is 1. The maximum absolute atomic E-state index is 12.4. The summed E-state index contributed by atoms with van der Waals surface area (Å²) in [5.74, 6) is 0.220. The number of aromatic amines is 1. The molecule has 1 aliphatic heterocycles. The molecule has 1 fully saturated rings. The van der Waals surface area contributed by atoms with E-state index in [0.717, 1.165) is 29.6 Å². The first kappa shape index (κ1) is 14.3. The van der Waals surface area contributed by atoms with Gasteiger partial charge in [0.25, 0.3) is 0 Å². The lowest BCUT2D eigenvalue weighted by Crippen LogP contribution is -2.26. The van der Waals surface area contributed by atoms with Crippen LogP contribution in [0.2, 0.25) is 0 Å². The molecular formula is C16H20F2N2O. The molecule has 21 heavy (non-hydrogen) atoms. The van der Waals surface area contributed by atoms with Crippen LogP contribution >= 0.6 is 0 Å². The van der Waals surface area contributed by atoms with Gasteiger partial charge in [0.15, 0.2) is 0 Å². The van der Waals surface area contributed by atoms with Gasteiger partial charge in [-0.1, -0.05) is 0 Å². The first-order chi connectivity index (χ1) is 10.0. The number of H-pyrrole nitrogens is 1. The van der Waals surface area contributed by atoms with Crippen molar-refractivity contribution >= 4 is 10.9 Å². The van der Waals surface area contributed by atoms with E-state index in [2.05, 4.69) is 21.7 Å². The molecule has 1 aliphatic rings. The van der Waals surface area contributed by atoms with Crippen molar-refractivity contribution in [3.8, 4) is 5.75 Å². The van der Waals surface area contributed by atoms with Gasteiger partial charge in [0.05, 0.1) is 0 Å². The van der Waals surface area contributed by atoms with Crippen LogP contribution in [0.3, 0.4) is 0 Å². The molecule has 0 radical (unpaired) electrons. The first-order valence-electron chi connectivity index (χ1n) is 7.31. The highest BCUT2D eigenvalue weighted by molar-refractivity contribution is 5.86. The number of benzene rings is 1. The van der Waals surface area contributed by atoms with Crippen LogP contribution in [0.15, 0.2) is 18.2 Å². The summed E-state index contributed by atoms with van der Waals surface area (Å²) in [4.78, 5) is 5.71. The van der Waals surface area contributed by atoms with Gasteiger partial charge in [-0.2, -0.15) is 8.78 Å². The fourth-order valence-electron chi connectivity index (χ4n) is 3.27. The number of aryl methyl sites for hydroxylation is 1. The van der Waals surface area contributed by atoms with E-state index in [9.17, 15) is 8.78 Å².